The molecular formula is C11H10N2NaO2. The zero-order chi connectivity index (χ0) is 10.7. The summed E-state index contributed by atoms with van der Waals surface area (Å²) in [5.41, 5.74) is 0.694. The van der Waals surface area contributed by atoms with Gasteiger partial charge in [0.2, 0.25) is 5.88 Å². The second kappa shape index (κ2) is 5.84. The summed E-state index contributed by atoms with van der Waals surface area (Å²) in [6.45, 7) is 0. The van der Waals surface area contributed by atoms with Crippen LogP contribution in [0.15, 0.2) is 41.2 Å². The summed E-state index contributed by atoms with van der Waals surface area (Å²) < 4.78 is 0. The summed E-state index contributed by atoms with van der Waals surface area (Å²) in [4.78, 5) is 17.4. The number of hydrogen-bond donors (Lipinski definition) is 2. The molecule has 1 aromatic carbocycles. The minimum absolute atomic E-state index is 0. The molecule has 2 rings (SSSR count). The number of aromatic hydroxyl groups is 1. The zero-order valence-electron chi connectivity index (χ0n) is 8.97. The van der Waals surface area contributed by atoms with Crippen molar-refractivity contribution in [3.63, 3.8) is 0 Å². The fraction of sp³-hybridized carbons (Fsp3) is 0.0909. The van der Waals surface area contributed by atoms with E-state index in [0.717, 1.165) is 11.6 Å². The molecule has 16 heavy (non-hydrogen) atoms. The van der Waals surface area contributed by atoms with Crippen LogP contribution in [0.3, 0.4) is 0 Å². The fourth-order valence-electron chi connectivity index (χ4n) is 1.37. The Kier molecular flexibility index (Phi) is 4.73. The number of aromatic nitrogens is 2. The number of hydrogen-bond acceptors (Lipinski definition) is 3. The molecule has 0 unspecified atom stereocenters. The van der Waals surface area contributed by atoms with Crippen LogP contribution in [0.25, 0.3) is 0 Å². The first-order valence-corrected chi connectivity index (χ1v) is 4.57. The molecule has 0 bridgehead atoms. The van der Waals surface area contributed by atoms with Crippen molar-refractivity contribution < 1.29 is 5.11 Å². The van der Waals surface area contributed by atoms with Gasteiger partial charge in [0, 0.05) is 36.0 Å². The van der Waals surface area contributed by atoms with Gasteiger partial charge in [0.25, 0.3) is 5.56 Å². The van der Waals surface area contributed by atoms with Gasteiger partial charge in [-0.3, -0.25) is 4.79 Å². The minimum Gasteiger partial charge on any atom is -0.493 e. The smallest absolute Gasteiger partial charge is 0.254 e. The molecule has 5 heteroatoms. The Hall–Kier alpha value is -1.10. The number of nitrogens with one attached hydrogen (secondary N) is 1. The van der Waals surface area contributed by atoms with Crippen LogP contribution in [-0.4, -0.2) is 44.6 Å². The standard InChI is InChI=1S/C11H10N2O2.Na/c14-10-7-11(15)13-9(12-10)6-8-4-2-1-3-5-8;/h1-5,7H,6H2,(H2,12,13,14,15);. The molecule has 2 aromatic rings. The Morgan fingerprint density at radius 2 is 1.94 bits per heavy atom. The van der Waals surface area contributed by atoms with Gasteiger partial charge in [0.05, 0.1) is 6.07 Å². The van der Waals surface area contributed by atoms with Crippen LogP contribution in [0.2, 0.25) is 0 Å². The van der Waals surface area contributed by atoms with Crippen molar-refractivity contribution in [1.29, 1.82) is 0 Å². The summed E-state index contributed by atoms with van der Waals surface area (Å²) in [6.07, 6.45) is 0.504. The van der Waals surface area contributed by atoms with Crippen LogP contribution in [-0.2, 0) is 6.42 Å². The third-order valence-corrected chi connectivity index (χ3v) is 1.99. The molecule has 1 heterocycles. The van der Waals surface area contributed by atoms with E-state index in [4.69, 9.17) is 5.11 Å². The molecule has 0 aliphatic rings. The van der Waals surface area contributed by atoms with Crippen molar-refractivity contribution in [3.05, 3.63) is 58.1 Å². The maximum absolute atomic E-state index is 11.0. The molecule has 4 nitrogen and oxygen atoms in total. The largest absolute Gasteiger partial charge is 0.493 e. The van der Waals surface area contributed by atoms with Crippen LogP contribution in [0.5, 0.6) is 5.88 Å². The second-order valence-electron chi connectivity index (χ2n) is 3.21. The van der Waals surface area contributed by atoms with Crippen LogP contribution in [0, 0.1) is 0 Å². The first-order valence-electron chi connectivity index (χ1n) is 4.57. The van der Waals surface area contributed by atoms with E-state index in [-0.39, 0.29) is 41.0 Å². The van der Waals surface area contributed by atoms with E-state index in [0.29, 0.717) is 12.2 Å². The van der Waals surface area contributed by atoms with Gasteiger partial charge in [0.1, 0.15) is 5.82 Å². The van der Waals surface area contributed by atoms with Crippen molar-refractivity contribution in [2.24, 2.45) is 0 Å². The molecule has 1 aromatic heterocycles. The molecule has 0 saturated carbocycles. The maximum atomic E-state index is 11.0. The average molecular weight is 225 g/mol. The van der Waals surface area contributed by atoms with Gasteiger partial charge in [-0.05, 0) is 5.56 Å². The van der Waals surface area contributed by atoms with E-state index in [9.17, 15) is 4.79 Å². The molecule has 0 fully saturated rings. The number of benzene rings is 1. The van der Waals surface area contributed by atoms with Crippen molar-refractivity contribution >= 4 is 29.6 Å². The molecule has 0 atom stereocenters. The molecule has 0 amide bonds. The normalized spacial score (nSPS) is 9.50. The number of nitrogens with zero attached hydrogens (tertiary/aromatic N) is 1. The molecule has 0 spiro atoms. The Balaban J connectivity index is 0.00000128. The van der Waals surface area contributed by atoms with Gasteiger partial charge in [-0.15, -0.1) is 0 Å². The predicted octanol–water partition coefficient (Wildman–Crippen LogP) is 0.685. The van der Waals surface area contributed by atoms with Gasteiger partial charge in [0.15, 0.2) is 0 Å². The quantitative estimate of drug-likeness (QED) is 0.739. The Morgan fingerprint density at radius 3 is 2.56 bits per heavy atom. The molecule has 0 aliphatic carbocycles. The third kappa shape index (κ3) is 3.48. The van der Waals surface area contributed by atoms with Gasteiger partial charge in [-0.1, -0.05) is 30.3 Å². The molecular weight excluding hydrogens is 215 g/mol. The van der Waals surface area contributed by atoms with Crippen LogP contribution in [0.4, 0.5) is 0 Å². The third-order valence-electron chi connectivity index (χ3n) is 1.99. The minimum atomic E-state index is -0.339. The first kappa shape index (κ1) is 13.0. The maximum Gasteiger partial charge on any atom is 0.254 e. The van der Waals surface area contributed by atoms with Gasteiger partial charge in [-0.2, -0.15) is 4.98 Å². The van der Waals surface area contributed by atoms with Crippen molar-refractivity contribution in [1.82, 2.24) is 9.97 Å². The summed E-state index contributed by atoms with van der Waals surface area (Å²) in [5, 5.41) is 9.14. The Morgan fingerprint density at radius 1 is 1.25 bits per heavy atom. The van der Waals surface area contributed by atoms with E-state index in [2.05, 4.69) is 9.97 Å². The van der Waals surface area contributed by atoms with E-state index in [1.165, 1.54) is 0 Å². The number of rotatable bonds is 2. The van der Waals surface area contributed by atoms with Gasteiger partial charge < -0.3 is 10.1 Å². The Labute approximate surface area is 115 Å². The second-order valence-corrected chi connectivity index (χ2v) is 3.21. The monoisotopic (exact) mass is 225 g/mol. The summed E-state index contributed by atoms with van der Waals surface area (Å²) >= 11 is 0. The summed E-state index contributed by atoms with van der Waals surface area (Å²) in [7, 11) is 0. The molecule has 0 saturated heterocycles. The SMILES string of the molecule is O=c1cc(O)nc(Cc2ccccc2)[nH]1.[Na]. The number of aromatic amines is 1. The molecule has 77 valence electrons. The van der Waals surface area contributed by atoms with E-state index < -0.39 is 0 Å². The summed E-state index contributed by atoms with van der Waals surface area (Å²) in [6, 6.07) is 10.7. The predicted molar refractivity (Wildman–Crippen MR) is 61.5 cm³/mol. The fourth-order valence-corrected chi connectivity index (χ4v) is 1.37. The van der Waals surface area contributed by atoms with E-state index in [1.54, 1.807) is 0 Å². The van der Waals surface area contributed by atoms with E-state index >= 15 is 0 Å². The molecule has 1 radical (unpaired) electrons. The average Bonchev–Trinajstić information content (AvgIpc) is 2.17. The number of H-pyrrole nitrogens is 1. The van der Waals surface area contributed by atoms with Crippen molar-refractivity contribution in [2.45, 2.75) is 6.42 Å². The Bertz CT molecular complexity index is 511. The first-order chi connectivity index (χ1) is 7.24. The van der Waals surface area contributed by atoms with Gasteiger partial charge >= 0.3 is 0 Å². The summed E-state index contributed by atoms with van der Waals surface area (Å²) in [5.74, 6) is 0.218. The van der Waals surface area contributed by atoms with E-state index in [1.807, 2.05) is 30.3 Å². The molecule has 0 aliphatic heterocycles. The van der Waals surface area contributed by atoms with Crippen LogP contribution >= 0.6 is 0 Å². The van der Waals surface area contributed by atoms with Crippen molar-refractivity contribution in [2.75, 3.05) is 0 Å². The van der Waals surface area contributed by atoms with Crippen molar-refractivity contribution in [3.8, 4) is 5.88 Å². The van der Waals surface area contributed by atoms with Gasteiger partial charge in [-0.25, -0.2) is 0 Å². The van der Waals surface area contributed by atoms with Crippen LogP contribution < -0.4 is 5.56 Å². The van der Waals surface area contributed by atoms with Crippen LogP contribution in [0.1, 0.15) is 11.4 Å². The zero-order valence-corrected chi connectivity index (χ0v) is 11.0. The topological polar surface area (TPSA) is 66.0 Å². The molecule has 2 N–H and O–H groups in total.